The van der Waals surface area contributed by atoms with E-state index in [1.807, 2.05) is 18.2 Å². The molecule has 1 fully saturated rings. The SMILES string of the molecule is COc1cccc(CN=C(N)NCC(C)C)c1OC1CCCC1. The van der Waals surface area contributed by atoms with Crippen LogP contribution in [-0.4, -0.2) is 25.7 Å². The minimum atomic E-state index is 0.283. The Morgan fingerprint density at radius 3 is 2.74 bits per heavy atom. The van der Waals surface area contributed by atoms with Crippen molar-refractivity contribution in [2.45, 2.75) is 52.2 Å². The van der Waals surface area contributed by atoms with Gasteiger partial charge in [-0.05, 0) is 37.7 Å². The Hall–Kier alpha value is -1.91. The number of methoxy groups -OCH3 is 1. The number of aliphatic imine (C=N–C) groups is 1. The average molecular weight is 319 g/mol. The normalized spacial score (nSPS) is 15.9. The monoisotopic (exact) mass is 319 g/mol. The molecule has 0 saturated heterocycles. The van der Waals surface area contributed by atoms with Crippen molar-refractivity contribution in [3.63, 3.8) is 0 Å². The molecule has 0 spiro atoms. The van der Waals surface area contributed by atoms with Crippen LogP contribution in [0.4, 0.5) is 0 Å². The lowest BCUT2D eigenvalue weighted by atomic mass is 10.1. The second-order valence-corrected chi connectivity index (χ2v) is 6.45. The zero-order chi connectivity index (χ0) is 16.7. The second-order valence-electron chi connectivity index (χ2n) is 6.45. The molecular weight excluding hydrogens is 290 g/mol. The van der Waals surface area contributed by atoms with Gasteiger partial charge in [-0.1, -0.05) is 26.0 Å². The molecule has 1 saturated carbocycles. The van der Waals surface area contributed by atoms with E-state index >= 15 is 0 Å². The molecule has 5 heteroatoms. The molecule has 0 radical (unpaired) electrons. The first-order chi connectivity index (χ1) is 11.1. The van der Waals surface area contributed by atoms with E-state index in [9.17, 15) is 0 Å². The highest BCUT2D eigenvalue weighted by atomic mass is 16.5. The number of guanidine groups is 1. The van der Waals surface area contributed by atoms with Gasteiger partial charge in [0.15, 0.2) is 17.5 Å². The van der Waals surface area contributed by atoms with Gasteiger partial charge in [-0.3, -0.25) is 0 Å². The largest absolute Gasteiger partial charge is 0.493 e. The molecule has 2 rings (SSSR count). The third-order valence-corrected chi connectivity index (χ3v) is 3.98. The van der Waals surface area contributed by atoms with E-state index < -0.39 is 0 Å². The fourth-order valence-electron chi connectivity index (χ4n) is 2.69. The zero-order valence-corrected chi connectivity index (χ0v) is 14.5. The van der Waals surface area contributed by atoms with Crippen molar-refractivity contribution < 1.29 is 9.47 Å². The van der Waals surface area contributed by atoms with Gasteiger partial charge in [0.05, 0.1) is 19.8 Å². The van der Waals surface area contributed by atoms with Crippen LogP contribution in [0.3, 0.4) is 0 Å². The van der Waals surface area contributed by atoms with Crippen LogP contribution in [0.5, 0.6) is 11.5 Å². The molecule has 0 aliphatic heterocycles. The molecule has 128 valence electrons. The summed E-state index contributed by atoms with van der Waals surface area (Å²) in [5, 5.41) is 3.13. The number of ether oxygens (including phenoxy) is 2. The number of nitrogens with one attached hydrogen (secondary N) is 1. The van der Waals surface area contributed by atoms with Crippen molar-refractivity contribution in [2.75, 3.05) is 13.7 Å². The predicted octanol–water partition coefficient (Wildman–Crippen LogP) is 3.08. The molecule has 1 aliphatic carbocycles. The number of benzene rings is 1. The van der Waals surface area contributed by atoms with Gasteiger partial charge in [0.2, 0.25) is 0 Å². The first kappa shape index (κ1) is 17.4. The molecule has 0 aromatic heterocycles. The molecule has 23 heavy (non-hydrogen) atoms. The standard InChI is InChI=1S/C18H29N3O2/c1-13(2)11-20-18(19)21-12-14-7-6-10-16(22-3)17(14)23-15-8-4-5-9-15/h6-7,10,13,15H,4-5,8-9,11-12H2,1-3H3,(H3,19,20,21). The summed E-state index contributed by atoms with van der Waals surface area (Å²) in [6, 6.07) is 5.91. The smallest absolute Gasteiger partial charge is 0.188 e. The van der Waals surface area contributed by atoms with E-state index in [-0.39, 0.29) is 6.10 Å². The van der Waals surface area contributed by atoms with Crippen LogP contribution < -0.4 is 20.5 Å². The Morgan fingerprint density at radius 1 is 1.35 bits per heavy atom. The molecule has 3 N–H and O–H groups in total. The maximum absolute atomic E-state index is 6.20. The van der Waals surface area contributed by atoms with Crippen LogP contribution in [-0.2, 0) is 6.54 Å². The van der Waals surface area contributed by atoms with Gasteiger partial charge in [-0.25, -0.2) is 4.99 Å². The summed E-state index contributed by atoms with van der Waals surface area (Å²) < 4.78 is 11.7. The topological polar surface area (TPSA) is 68.9 Å². The van der Waals surface area contributed by atoms with E-state index in [0.717, 1.165) is 36.4 Å². The van der Waals surface area contributed by atoms with Crippen molar-refractivity contribution >= 4 is 5.96 Å². The van der Waals surface area contributed by atoms with Crippen LogP contribution in [0.1, 0.15) is 45.1 Å². The summed E-state index contributed by atoms with van der Waals surface area (Å²) >= 11 is 0. The van der Waals surface area contributed by atoms with E-state index in [2.05, 4.69) is 24.2 Å². The summed E-state index contributed by atoms with van der Waals surface area (Å²) in [6.07, 6.45) is 4.97. The van der Waals surface area contributed by atoms with E-state index in [1.54, 1.807) is 7.11 Å². The minimum Gasteiger partial charge on any atom is -0.493 e. The molecule has 0 atom stereocenters. The van der Waals surface area contributed by atoms with Crippen LogP contribution >= 0.6 is 0 Å². The van der Waals surface area contributed by atoms with E-state index in [4.69, 9.17) is 15.2 Å². The third kappa shape index (κ3) is 5.34. The zero-order valence-electron chi connectivity index (χ0n) is 14.5. The van der Waals surface area contributed by atoms with Gasteiger partial charge in [0.25, 0.3) is 0 Å². The first-order valence-corrected chi connectivity index (χ1v) is 8.46. The van der Waals surface area contributed by atoms with Crippen molar-refractivity contribution in [3.05, 3.63) is 23.8 Å². The number of para-hydroxylation sites is 1. The average Bonchev–Trinajstić information content (AvgIpc) is 3.04. The quantitative estimate of drug-likeness (QED) is 0.598. The van der Waals surface area contributed by atoms with Gasteiger partial charge < -0.3 is 20.5 Å². The Labute approximate surface area is 139 Å². The van der Waals surface area contributed by atoms with Gasteiger partial charge in [0.1, 0.15) is 0 Å². The Bertz CT molecular complexity index is 523. The minimum absolute atomic E-state index is 0.283. The predicted molar refractivity (Wildman–Crippen MR) is 94.0 cm³/mol. The van der Waals surface area contributed by atoms with Gasteiger partial charge >= 0.3 is 0 Å². The summed E-state index contributed by atoms with van der Waals surface area (Å²) in [5.74, 6) is 2.57. The van der Waals surface area contributed by atoms with Crippen molar-refractivity contribution in [2.24, 2.45) is 16.6 Å². The van der Waals surface area contributed by atoms with Crippen LogP contribution in [0.2, 0.25) is 0 Å². The van der Waals surface area contributed by atoms with Gasteiger partial charge in [0, 0.05) is 12.1 Å². The van der Waals surface area contributed by atoms with Crippen LogP contribution in [0.15, 0.2) is 23.2 Å². The van der Waals surface area contributed by atoms with E-state index in [1.165, 1.54) is 12.8 Å². The fourth-order valence-corrected chi connectivity index (χ4v) is 2.69. The number of nitrogens with two attached hydrogens (primary N) is 1. The molecule has 0 heterocycles. The van der Waals surface area contributed by atoms with E-state index in [0.29, 0.717) is 18.4 Å². The molecule has 0 bridgehead atoms. The third-order valence-electron chi connectivity index (χ3n) is 3.98. The van der Waals surface area contributed by atoms with Crippen molar-refractivity contribution in [1.82, 2.24) is 5.32 Å². The lowest BCUT2D eigenvalue weighted by molar-refractivity contribution is 0.198. The van der Waals surface area contributed by atoms with Crippen molar-refractivity contribution in [3.8, 4) is 11.5 Å². The summed E-state index contributed by atoms with van der Waals surface area (Å²) in [7, 11) is 1.67. The Balaban J connectivity index is 2.08. The molecule has 0 amide bonds. The summed E-state index contributed by atoms with van der Waals surface area (Å²) in [4.78, 5) is 4.42. The molecule has 5 nitrogen and oxygen atoms in total. The highest BCUT2D eigenvalue weighted by Crippen LogP contribution is 2.35. The highest BCUT2D eigenvalue weighted by Gasteiger charge is 2.20. The number of hydrogen-bond donors (Lipinski definition) is 2. The molecule has 1 aromatic carbocycles. The maximum atomic E-state index is 6.20. The maximum Gasteiger partial charge on any atom is 0.188 e. The van der Waals surface area contributed by atoms with Crippen LogP contribution in [0.25, 0.3) is 0 Å². The molecule has 0 unspecified atom stereocenters. The van der Waals surface area contributed by atoms with Crippen molar-refractivity contribution in [1.29, 1.82) is 0 Å². The molecule has 1 aliphatic rings. The highest BCUT2D eigenvalue weighted by molar-refractivity contribution is 5.77. The number of rotatable bonds is 7. The Morgan fingerprint density at radius 2 is 2.09 bits per heavy atom. The fraction of sp³-hybridized carbons (Fsp3) is 0.611. The second kappa shape index (κ2) is 8.65. The lowest BCUT2D eigenvalue weighted by Gasteiger charge is -2.18. The Kier molecular flexibility index (Phi) is 6.56. The van der Waals surface area contributed by atoms with Gasteiger partial charge in [-0.15, -0.1) is 0 Å². The summed E-state index contributed by atoms with van der Waals surface area (Å²) in [6.45, 7) is 5.57. The number of nitrogens with zero attached hydrogens (tertiary/aromatic N) is 1. The molecular formula is C18H29N3O2. The summed E-state index contributed by atoms with van der Waals surface area (Å²) in [5.41, 5.74) is 6.93. The number of hydrogen-bond acceptors (Lipinski definition) is 3. The van der Waals surface area contributed by atoms with Gasteiger partial charge in [-0.2, -0.15) is 0 Å². The molecule has 1 aromatic rings. The van der Waals surface area contributed by atoms with Crippen LogP contribution in [0, 0.1) is 5.92 Å². The lowest BCUT2D eigenvalue weighted by Crippen LogP contribution is -2.34. The first-order valence-electron chi connectivity index (χ1n) is 8.46.